The van der Waals surface area contributed by atoms with E-state index in [1.165, 1.54) is 0 Å². The molecule has 0 spiro atoms. The highest BCUT2D eigenvalue weighted by molar-refractivity contribution is 6.01. The molecule has 8 nitrogen and oxygen atoms in total. The summed E-state index contributed by atoms with van der Waals surface area (Å²) in [4.78, 5) is 16.5. The second-order valence-electron chi connectivity index (χ2n) is 6.52. The number of carbonyl (C=O) groups is 1. The number of aromatic nitrogens is 4. The smallest absolute Gasteiger partial charge is 0.280 e. The number of hydrogen-bond donors (Lipinski definition) is 2. The third kappa shape index (κ3) is 3.68. The summed E-state index contributed by atoms with van der Waals surface area (Å²) in [7, 11) is 1.60. The Morgan fingerprint density at radius 1 is 1.24 bits per heavy atom. The molecule has 3 aromatic rings. The quantitative estimate of drug-likeness (QED) is 0.755. The Bertz CT molecular complexity index is 874. The van der Waals surface area contributed by atoms with Gasteiger partial charge in [0.15, 0.2) is 11.5 Å². The highest BCUT2D eigenvalue weighted by Gasteiger charge is 2.22. The molecule has 1 aromatic carbocycles. The molecule has 0 unspecified atom stereocenters. The maximum atomic E-state index is 12.2. The van der Waals surface area contributed by atoms with Crippen LogP contribution in [0.4, 0.5) is 5.95 Å². The molecule has 0 bridgehead atoms. The standard InChI is InChI=1S/C17H19N5O3/c1-17(2,3)13-9-12(22-25-13)15(23)19-16-18-14(20-21-16)10-5-7-11(24-4)8-6-10/h5-9H,1-4H3,(H2,18,19,20,21,23). The molecule has 3 rings (SSSR count). The maximum absolute atomic E-state index is 12.2. The summed E-state index contributed by atoms with van der Waals surface area (Å²) < 4.78 is 10.3. The van der Waals surface area contributed by atoms with Crippen LogP contribution in [0.2, 0.25) is 0 Å². The fourth-order valence-corrected chi connectivity index (χ4v) is 2.10. The van der Waals surface area contributed by atoms with Crippen molar-refractivity contribution in [3.8, 4) is 17.1 Å². The lowest BCUT2D eigenvalue weighted by molar-refractivity contribution is 0.101. The second kappa shape index (κ2) is 6.39. The molecule has 0 saturated heterocycles. The van der Waals surface area contributed by atoms with Gasteiger partial charge in [-0.05, 0) is 24.3 Å². The fourth-order valence-electron chi connectivity index (χ4n) is 2.10. The van der Waals surface area contributed by atoms with Crippen LogP contribution < -0.4 is 10.1 Å². The Morgan fingerprint density at radius 3 is 2.56 bits per heavy atom. The Balaban J connectivity index is 1.72. The van der Waals surface area contributed by atoms with Crippen LogP contribution in [-0.4, -0.2) is 33.4 Å². The maximum Gasteiger partial charge on any atom is 0.280 e. The molecule has 0 atom stereocenters. The van der Waals surface area contributed by atoms with E-state index in [0.29, 0.717) is 11.6 Å². The lowest BCUT2D eigenvalue weighted by Gasteiger charge is -2.11. The number of amides is 1. The first-order valence-electron chi connectivity index (χ1n) is 7.72. The van der Waals surface area contributed by atoms with Crippen molar-refractivity contribution in [2.45, 2.75) is 26.2 Å². The zero-order valence-corrected chi connectivity index (χ0v) is 14.5. The SMILES string of the molecule is COc1ccc(-c2nc(NC(=O)c3cc(C(C)(C)C)on3)n[nH]2)cc1. The minimum atomic E-state index is -0.431. The van der Waals surface area contributed by atoms with Gasteiger partial charge in [-0.3, -0.25) is 15.2 Å². The Kier molecular flexibility index (Phi) is 4.26. The third-order valence-corrected chi connectivity index (χ3v) is 3.56. The van der Waals surface area contributed by atoms with Crippen LogP contribution in [0, 0.1) is 0 Å². The van der Waals surface area contributed by atoms with Crippen LogP contribution in [0.3, 0.4) is 0 Å². The summed E-state index contributed by atoms with van der Waals surface area (Å²) in [5.74, 6) is 1.65. The van der Waals surface area contributed by atoms with E-state index in [4.69, 9.17) is 9.26 Å². The summed E-state index contributed by atoms with van der Waals surface area (Å²) in [5.41, 5.74) is 0.781. The summed E-state index contributed by atoms with van der Waals surface area (Å²) in [6.07, 6.45) is 0. The first-order valence-corrected chi connectivity index (χ1v) is 7.72. The Morgan fingerprint density at radius 2 is 1.96 bits per heavy atom. The molecule has 1 amide bonds. The number of anilines is 1. The zero-order valence-electron chi connectivity index (χ0n) is 14.5. The summed E-state index contributed by atoms with van der Waals surface area (Å²) in [6, 6.07) is 8.95. The van der Waals surface area contributed by atoms with Gasteiger partial charge in [0.05, 0.1) is 7.11 Å². The fraction of sp³-hybridized carbons (Fsp3) is 0.294. The predicted octanol–water partition coefficient (Wildman–Crippen LogP) is 3.02. The average molecular weight is 341 g/mol. The van der Waals surface area contributed by atoms with Crippen molar-refractivity contribution in [2.24, 2.45) is 0 Å². The third-order valence-electron chi connectivity index (χ3n) is 3.56. The number of carbonyl (C=O) groups excluding carboxylic acids is 1. The van der Waals surface area contributed by atoms with Crippen LogP contribution in [0.25, 0.3) is 11.4 Å². The van der Waals surface area contributed by atoms with Gasteiger partial charge in [-0.25, -0.2) is 0 Å². The minimum absolute atomic E-state index is 0.163. The molecular formula is C17H19N5O3. The molecule has 8 heteroatoms. The normalized spacial score (nSPS) is 11.4. The summed E-state index contributed by atoms with van der Waals surface area (Å²) >= 11 is 0. The summed E-state index contributed by atoms with van der Waals surface area (Å²) in [6.45, 7) is 5.93. The van der Waals surface area contributed by atoms with Crippen molar-refractivity contribution in [1.29, 1.82) is 0 Å². The molecular weight excluding hydrogens is 322 g/mol. The largest absolute Gasteiger partial charge is 0.497 e. The number of nitrogens with zero attached hydrogens (tertiary/aromatic N) is 3. The van der Waals surface area contributed by atoms with Gasteiger partial charge in [0, 0.05) is 17.0 Å². The number of ether oxygens (including phenoxy) is 1. The average Bonchev–Trinajstić information content (AvgIpc) is 3.24. The second-order valence-corrected chi connectivity index (χ2v) is 6.52. The van der Waals surface area contributed by atoms with E-state index >= 15 is 0 Å². The molecule has 0 saturated carbocycles. The van der Waals surface area contributed by atoms with Gasteiger partial charge in [-0.2, -0.15) is 4.98 Å². The van der Waals surface area contributed by atoms with Crippen molar-refractivity contribution < 1.29 is 14.1 Å². The van der Waals surface area contributed by atoms with Crippen molar-refractivity contribution in [1.82, 2.24) is 20.3 Å². The monoisotopic (exact) mass is 341 g/mol. The molecule has 2 N–H and O–H groups in total. The van der Waals surface area contributed by atoms with Crippen LogP contribution in [-0.2, 0) is 5.41 Å². The minimum Gasteiger partial charge on any atom is -0.497 e. The lowest BCUT2D eigenvalue weighted by atomic mass is 9.93. The Hall–Kier alpha value is -3.16. The van der Waals surface area contributed by atoms with E-state index in [0.717, 1.165) is 11.3 Å². The van der Waals surface area contributed by atoms with Crippen LogP contribution >= 0.6 is 0 Å². The molecule has 130 valence electrons. The number of H-pyrrole nitrogens is 1. The van der Waals surface area contributed by atoms with E-state index < -0.39 is 5.91 Å². The molecule has 0 radical (unpaired) electrons. The van der Waals surface area contributed by atoms with Crippen molar-refractivity contribution in [3.05, 3.63) is 41.8 Å². The molecule has 25 heavy (non-hydrogen) atoms. The van der Waals surface area contributed by atoms with Gasteiger partial charge in [0.25, 0.3) is 5.91 Å². The van der Waals surface area contributed by atoms with Crippen LogP contribution in [0.5, 0.6) is 5.75 Å². The molecule has 0 aliphatic heterocycles. The summed E-state index contributed by atoms with van der Waals surface area (Å²) in [5, 5.41) is 13.2. The Labute approximate surface area is 144 Å². The number of benzene rings is 1. The van der Waals surface area contributed by atoms with Gasteiger partial charge in [0.2, 0.25) is 5.95 Å². The molecule has 2 heterocycles. The lowest BCUT2D eigenvalue weighted by Crippen LogP contribution is -2.14. The van der Waals surface area contributed by atoms with E-state index in [1.54, 1.807) is 13.2 Å². The zero-order chi connectivity index (χ0) is 18.0. The van der Waals surface area contributed by atoms with E-state index in [9.17, 15) is 4.79 Å². The van der Waals surface area contributed by atoms with Gasteiger partial charge >= 0.3 is 0 Å². The van der Waals surface area contributed by atoms with E-state index in [1.807, 2.05) is 45.0 Å². The van der Waals surface area contributed by atoms with Crippen LogP contribution in [0.1, 0.15) is 37.0 Å². The van der Waals surface area contributed by atoms with Crippen molar-refractivity contribution >= 4 is 11.9 Å². The topological polar surface area (TPSA) is 106 Å². The van der Waals surface area contributed by atoms with Crippen LogP contribution in [0.15, 0.2) is 34.9 Å². The first-order chi connectivity index (χ1) is 11.9. The molecule has 0 fully saturated rings. The predicted molar refractivity (Wildman–Crippen MR) is 91.5 cm³/mol. The highest BCUT2D eigenvalue weighted by atomic mass is 16.5. The number of rotatable bonds is 4. The highest BCUT2D eigenvalue weighted by Crippen LogP contribution is 2.23. The van der Waals surface area contributed by atoms with Crippen molar-refractivity contribution in [2.75, 3.05) is 12.4 Å². The van der Waals surface area contributed by atoms with Crippen molar-refractivity contribution in [3.63, 3.8) is 0 Å². The molecule has 2 aromatic heterocycles. The number of methoxy groups -OCH3 is 1. The van der Waals surface area contributed by atoms with Gasteiger partial charge < -0.3 is 9.26 Å². The van der Waals surface area contributed by atoms with E-state index in [-0.39, 0.29) is 17.1 Å². The van der Waals surface area contributed by atoms with Gasteiger partial charge in [-0.15, -0.1) is 5.10 Å². The van der Waals surface area contributed by atoms with E-state index in [2.05, 4.69) is 25.7 Å². The van der Waals surface area contributed by atoms with Gasteiger partial charge in [-0.1, -0.05) is 25.9 Å². The van der Waals surface area contributed by atoms with Gasteiger partial charge in [0.1, 0.15) is 11.5 Å². The number of nitrogens with one attached hydrogen (secondary N) is 2. The molecule has 0 aliphatic carbocycles. The molecule has 0 aliphatic rings. The number of hydrogen-bond acceptors (Lipinski definition) is 6. The first kappa shape index (κ1) is 16.7. The number of aromatic amines is 1.